The molecule has 0 radical (unpaired) electrons. The van der Waals surface area contributed by atoms with E-state index in [2.05, 4.69) is 20.6 Å². The third-order valence-electron chi connectivity index (χ3n) is 1.21. The molecule has 70 valence electrons. The Kier molecular flexibility index (Phi) is 3.24. The van der Waals surface area contributed by atoms with Crippen molar-refractivity contribution >= 4 is 23.3 Å². The lowest BCUT2D eigenvalue weighted by Crippen LogP contribution is -2.20. The Balaban J connectivity index is 3.01. The Morgan fingerprint density at radius 3 is 2.31 bits per heavy atom. The third kappa shape index (κ3) is 2.65. The van der Waals surface area contributed by atoms with Crippen molar-refractivity contribution in [2.75, 3.05) is 0 Å². The Bertz CT molecular complexity index is 321. The average Bonchev–Trinajstić information content (AvgIpc) is 1.99. The highest BCUT2D eigenvalue weighted by Gasteiger charge is 2.16. The maximum atomic E-state index is 12.6. The van der Waals surface area contributed by atoms with E-state index in [0.29, 0.717) is 6.07 Å². The second-order valence-electron chi connectivity index (χ2n) is 2.14. The molecule has 7 heteroatoms. The van der Waals surface area contributed by atoms with Gasteiger partial charge in [0.05, 0.1) is 4.47 Å². The average molecular weight is 253 g/mol. The first kappa shape index (κ1) is 10.4. The van der Waals surface area contributed by atoms with E-state index < -0.39 is 19.0 Å². The van der Waals surface area contributed by atoms with Crippen LogP contribution in [0, 0.1) is 11.6 Å². The maximum Gasteiger partial charge on any atom is 0.707 e. The highest BCUT2D eigenvalue weighted by Crippen LogP contribution is 2.27. The van der Waals surface area contributed by atoms with Gasteiger partial charge < -0.3 is 14.7 Å². The number of benzene rings is 1. The van der Waals surface area contributed by atoms with E-state index in [9.17, 15) is 8.78 Å². The van der Waals surface area contributed by atoms with Crippen molar-refractivity contribution in [3.63, 3.8) is 0 Å². The predicted molar refractivity (Wildman–Crippen MR) is 44.9 cm³/mol. The van der Waals surface area contributed by atoms with Gasteiger partial charge in [0.1, 0.15) is 5.75 Å². The Hall–Kier alpha value is -0.655. The molecule has 1 rings (SSSR count). The molecule has 0 aromatic heterocycles. The van der Waals surface area contributed by atoms with E-state index in [1.54, 1.807) is 0 Å². The third-order valence-corrected chi connectivity index (χ3v) is 1.83. The van der Waals surface area contributed by atoms with Crippen LogP contribution in [0.25, 0.3) is 0 Å². The predicted octanol–water partition coefficient (Wildman–Crippen LogP) is 1.08. The number of rotatable bonds is 2. The molecule has 13 heavy (non-hydrogen) atoms. The second kappa shape index (κ2) is 4.04. The summed E-state index contributed by atoms with van der Waals surface area (Å²) in [6.45, 7) is 0. The van der Waals surface area contributed by atoms with Crippen molar-refractivity contribution in [2.24, 2.45) is 0 Å². The van der Waals surface area contributed by atoms with Crippen LogP contribution in [0.2, 0.25) is 0 Å². The SMILES string of the molecule is OB(O)Oc1cc(F)c(F)cc1Br. The molecule has 0 aliphatic rings. The maximum absolute atomic E-state index is 12.6. The molecule has 2 N–H and O–H groups in total. The lowest BCUT2D eigenvalue weighted by molar-refractivity contribution is 0.286. The zero-order chi connectivity index (χ0) is 10.0. The Labute approximate surface area is 81.3 Å². The van der Waals surface area contributed by atoms with Crippen LogP contribution in [0.3, 0.4) is 0 Å². The van der Waals surface area contributed by atoms with Gasteiger partial charge in [0, 0.05) is 6.07 Å². The lowest BCUT2D eigenvalue weighted by Gasteiger charge is -2.06. The summed E-state index contributed by atoms with van der Waals surface area (Å²) in [4.78, 5) is 0. The van der Waals surface area contributed by atoms with Crippen molar-refractivity contribution in [2.45, 2.75) is 0 Å². The Morgan fingerprint density at radius 1 is 1.23 bits per heavy atom. The van der Waals surface area contributed by atoms with Crippen molar-refractivity contribution in [1.29, 1.82) is 0 Å². The van der Waals surface area contributed by atoms with Crippen molar-refractivity contribution in [3.8, 4) is 5.75 Å². The number of halogens is 3. The van der Waals surface area contributed by atoms with Crippen molar-refractivity contribution in [3.05, 3.63) is 28.2 Å². The van der Waals surface area contributed by atoms with Crippen LogP contribution in [0.5, 0.6) is 5.75 Å². The van der Waals surface area contributed by atoms with Crippen LogP contribution in [-0.2, 0) is 0 Å². The van der Waals surface area contributed by atoms with Gasteiger partial charge in [-0.25, -0.2) is 8.78 Å². The van der Waals surface area contributed by atoms with Crippen LogP contribution in [-0.4, -0.2) is 17.4 Å². The van der Waals surface area contributed by atoms with Gasteiger partial charge in [-0.05, 0) is 22.0 Å². The fourth-order valence-electron chi connectivity index (χ4n) is 0.708. The summed E-state index contributed by atoms with van der Waals surface area (Å²) in [5.41, 5.74) is 0. The van der Waals surface area contributed by atoms with Gasteiger partial charge in [0.25, 0.3) is 0 Å². The van der Waals surface area contributed by atoms with E-state index in [1.165, 1.54) is 0 Å². The van der Waals surface area contributed by atoms with Crippen molar-refractivity contribution < 1.29 is 23.5 Å². The van der Waals surface area contributed by atoms with Crippen LogP contribution in [0.15, 0.2) is 16.6 Å². The van der Waals surface area contributed by atoms with Gasteiger partial charge in [-0.1, -0.05) is 0 Å². The molecule has 1 aromatic rings. The summed E-state index contributed by atoms with van der Waals surface area (Å²) in [5.74, 6) is -2.36. The summed E-state index contributed by atoms with van der Waals surface area (Å²) in [7, 11) is -2.07. The molecule has 0 bridgehead atoms. The molecule has 0 saturated heterocycles. The molecule has 1 aromatic carbocycles. The first-order chi connectivity index (χ1) is 6.00. The first-order valence-corrected chi connectivity index (χ1v) is 3.97. The minimum absolute atomic E-state index is 0.0968. The standard InChI is InChI=1S/C6H4BBrF2O3/c8-3-1-4(9)5(10)2-6(3)13-7(11)12/h1-2,11-12H. The summed E-state index contributed by atoms with van der Waals surface area (Å²) >= 11 is 2.86. The number of hydrogen-bond acceptors (Lipinski definition) is 3. The van der Waals surface area contributed by atoms with E-state index in [4.69, 9.17) is 10.0 Å². The monoisotopic (exact) mass is 252 g/mol. The van der Waals surface area contributed by atoms with Gasteiger partial charge in [-0.3, -0.25) is 0 Å². The topological polar surface area (TPSA) is 49.7 Å². The molecule has 0 heterocycles. The van der Waals surface area contributed by atoms with E-state index in [1.807, 2.05) is 0 Å². The largest absolute Gasteiger partial charge is 0.707 e. The van der Waals surface area contributed by atoms with Gasteiger partial charge in [0.15, 0.2) is 11.6 Å². The van der Waals surface area contributed by atoms with Gasteiger partial charge >= 0.3 is 7.32 Å². The quantitative estimate of drug-likeness (QED) is 0.612. The van der Waals surface area contributed by atoms with Crippen molar-refractivity contribution in [1.82, 2.24) is 0 Å². The molecule has 0 unspecified atom stereocenters. The van der Waals surface area contributed by atoms with Gasteiger partial charge in [-0.2, -0.15) is 0 Å². The number of hydrogen-bond donors (Lipinski definition) is 2. The summed E-state index contributed by atoms with van der Waals surface area (Å²) in [6, 6.07) is 1.53. The first-order valence-electron chi connectivity index (χ1n) is 3.18. The fourth-order valence-corrected chi connectivity index (χ4v) is 1.12. The van der Waals surface area contributed by atoms with E-state index in [-0.39, 0.29) is 10.2 Å². The van der Waals surface area contributed by atoms with Crippen LogP contribution >= 0.6 is 15.9 Å². The second-order valence-corrected chi connectivity index (χ2v) is 3.00. The molecule has 3 nitrogen and oxygen atoms in total. The minimum Gasteiger partial charge on any atom is -0.511 e. The van der Waals surface area contributed by atoms with Crippen LogP contribution in [0.1, 0.15) is 0 Å². The smallest absolute Gasteiger partial charge is 0.511 e. The summed E-state index contributed by atoms with van der Waals surface area (Å²) in [5, 5.41) is 16.8. The molecule has 0 amide bonds. The molecule has 0 atom stereocenters. The van der Waals surface area contributed by atoms with Crippen LogP contribution in [0.4, 0.5) is 8.78 Å². The minimum atomic E-state index is -2.07. The normalized spacial score (nSPS) is 9.92. The van der Waals surface area contributed by atoms with Gasteiger partial charge in [-0.15, -0.1) is 0 Å². The molecular formula is C6H4BBrF2O3. The Morgan fingerprint density at radius 2 is 1.77 bits per heavy atom. The fraction of sp³-hybridized carbons (Fsp3) is 0. The molecule has 0 aliphatic heterocycles. The highest BCUT2D eigenvalue weighted by atomic mass is 79.9. The zero-order valence-electron chi connectivity index (χ0n) is 6.17. The summed E-state index contributed by atoms with van der Waals surface area (Å²) < 4.78 is 29.5. The molecule has 0 spiro atoms. The highest BCUT2D eigenvalue weighted by molar-refractivity contribution is 9.10. The zero-order valence-corrected chi connectivity index (χ0v) is 7.75. The molecule has 0 aliphatic carbocycles. The summed E-state index contributed by atoms with van der Waals surface area (Å²) in [6.07, 6.45) is 0. The van der Waals surface area contributed by atoms with Gasteiger partial charge in [0.2, 0.25) is 0 Å². The lowest BCUT2D eigenvalue weighted by atomic mass is 10.2. The van der Waals surface area contributed by atoms with Crippen LogP contribution < -0.4 is 4.65 Å². The van der Waals surface area contributed by atoms with E-state index in [0.717, 1.165) is 6.07 Å². The molecule has 0 fully saturated rings. The molecule has 0 saturated carbocycles. The van der Waals surface area contributed by atoms with E-state index >= 15 is 0 Å². The molecular weight excluding hydrogens is 249 g/mol.